The zero-order chi connectivity index (χ0) is 8.04. The van der Waals surface area contributed by atoms with E-state index >= 15 is 0 Å². The summed E-state index contributed by atoms with van der Waals surface area (Å²) in [6.45, 7) is 0.227. The summed E-state index contributed by atoms with van der Waals surface area (Å²) in [7, 11) is 0. The summed E-state index contributed by atoms with van der Waals surface area (Å²) < 4.78 is 0. The smallest absolute Gasteiger partial charge is 0.211 e. The Morgan fingerprint density at radius 2 is 2.10 bits per heavy atom. The Labute approximate surface area is 73.6 Å². The van der Waals surface area contributed by atoms with Crippen LogP contribution in [-0.4, -0.2) is 18.6 Å². The summed E-state index contributed by atoms with van der Waals surface area (Å²) >= 11 is 16.4. The van der Waals surface area contributed by atoms with Crippen LogP contribution in [0, 0.1) is 0 Å². The third-order valence-corrected chi connectivity index (χ3v) is 2.32. The molecule has 0 aromatic carbocycles. The zero-order valence-electron chi connectivity index (χ0n) is 4.85. The highest BCUT2D eigenvalue weighted by Gasteiger charge is 2.19. The molecule has 0 amide bonds. The molecule has 0 bridgehead atoms. The van der Waals surface area contributed by atoms with Crippen molar-refractivity contribution in [3.05, 3.63) is 11.8 Å². The second kappa shape index (κ2) is 4.94. The molecule has 0 aliphatic rings. The lowest BCUT2D eigenvalue weighted by Crippen LogP contribution is -2.03. The summed E-state index contributed by atoms with van der Waals surface area (Å²) in [6.07, 6.45) is 2.90. The van der Waals surface area contributed by atoms with E-state index < -0.39 is 6.00 Å². The second-order valence-electron chi connectivity index (χ2n) is 1.38. The number of isocyanates is 1. The molecule has 0 heterocycles. The van der Waals surface area contributed by atoms with Crippen molar-refractivity contribution in [1.29, 1.82) is 0 Å². The van der Waals surface area contributed by atoms with E-state index in [0.29, 0.717) is 0 Å². The molecule has 0 rings (SSSR count). The van der Waals surface area contributed by atoms with E-state index in [0.717, 1.165) is 0 Å². The number of hydrogen-bond donors (Lipinski definition) is 0. The van der Waals surface area contributed by atoms with E-state index in [1.165, 1.54) is 17.9 Å². The molecule has 6 heteroatoms. The molecule has 0 aliphatic heterocycles. The minimum Gasteiger partial charge on any atom is -0.211 e. The van der Waals surface area contributed by atoms with E-state index in [4.69, 9.17) is 33.2 Å². The lowest BCUT2D eigenvalue weighted by atomic mass is 10.7. The van der Waals surface area contributed by atoms with E-state index in [1.54, 1.807) is 0 Å². The lowest BCUT2D eigenvalue weighted by molar-refractivity contribution is 0.564. The number of rotatable bonds is 3. The summed E-state index contributed by atoms with van der Waals surface area (Å²) in [5.41, 5.74) is 1.46. The topological polar surface area (TPSA) is 29.4 Å². The van der Waals surface area contributed by atoms with Crippen molar-refractivity contribution in [2.24, 2.45) is 4.99 Å². The van der Waals surface area contributed by atoms with Gasteiger partial charge in [0.1, 0.15) is 0 Å². The lowest BCUT2D eigenvalue weighted by Gasteiger charge is -1.95. The fourth-order valence-electron chi connectivity index (χ4n) is 0.276. The Hall–Kier alpha value is 0.207. The van der Waals surface area contributed by atoms with Gasteiger partial charge in [0.15, 0.2) is 0 Å². The van der Waals surface area contributed by atoms with Crippen LogP contribution >= 0.6 is 33.2 Å². The average Bonchev–Trinajstić information content (AvgIpc) is 1.78. The summed E-state index contributed by atoms with van der Waals surface area (Å²) in [5.74, 6) is 0. The first-order valence-electron chi connectivity index (χ1n) is 2.34. The molecule has 0 fully saturated rings. The van der Waals surface area contributed by atoms with Crippen molar-refractivity contribution in [2.75, 3.05) is 6.54 Å². The van der Waals surface area contributed by atoms with Crippen LogP contribution in [0.1, 0.15) is 0 Å². The SMILES string of the molecule is O=C=NCC=C[Si](Cl)(Cl)Cl. The molecule has 0 saturated carbocycles. The van der Waals surface area contributed by atoms with E-state index in [2.05, 4.69) is 4.99 Å². The molecule has 0 saturated heterocycles. The quantitative estimate of drug-likeness (QED) is 0.307. The van der Waals surface area contributed by atoms with Gasteiger partial charge in [-0.3, -0.25) is 0 Å². The Kier molecular flexibility index (Phi) is 5.04. The van der Waals surface area contributed by atoms with Gasteiger partial charge in [-0.15, -0.1) is 33.2 Å². The molecule has 2 nitrogen and oxygen atoms in total. The molecule has 0 radical (unpaired) electrons. The highest BCUT2D eigenvalue weighted by atomic mass is 35.8. The molecule has 0 aromatic rings. The average molecular weight is 217 g/mol. The van der Waals surface area contributed by atoms with Gasteiger partial charge in [0.2, 0.25) is 6.08 Å². The van der Waals surface area contributed by atoms with Crippen LogP contribution in [0.2, 0.25) is 0 Å². The summed E-state index contributed by atoms with van der Waals surface area (Å²) in [4.78, 5) is 12.7. The van der Waals surface area contributed by atoms with Gasteiger partial charge in [-0.05, 0) is 0 Å². The van der Waals surface area contributed by atoms with Crippen molar-refractivity contribution in [2.45, 2.75) is 0 Å². The van der Waals surface area contributed by atoms with Crippen molar-refractivity contribution >= 4 is 45.3 Å². The molecule has 0 aliphatic carbocycles. The molecule has 0 unspecified atom stereocenters. The maximum Gasteiger partial charge on any atom is 0.365 e. The fraction of sp³-hybridized carbons (Fsp3) is 0.250. The van der Waals surface area contributed by atoms with E-state index in [-0.39, 0.29) is 6.54 Å². The van der Waals surface area contributed by atoms with Gasteiger partial charge in [-0.2, -0.15) is 0 Å². The van der Waals surface area contributed by atoms with Crippen molar-refractivity contribution in [1.82, 2.24) is 0 Å². The minimum absolute atomic E-state index is 0.227. The first-order chi connectivity index (χ1) is 4.56. The first kappa shape index (κ1) is 10.2. The maximum absolute atomic E-state index is 9.52. The predicted octanol–water partition coefficient (Wildman–Crippen LogP) is 2.07. The molecule has 56 valence electrons. The van der Waals surface area contributed by atoms with Gasteiger partial charge in [0.25, 0.3) is 0 Å². The van der Waals surface area contributed by atoms with Crippen molar-refractivity contribution in [3.63, 3.8) is 0 Å². The Balaban J connectivity index is 3.67. The van der Waals surface area contributed by atoms with Crippen LogP contribution in [0.4, 0.5) is 0 Å². The van der Waals surface area contributed by atoms with Crippen molar-refractivity contribution in [3.8, 4) is 0 Å². The molecular weight excluding hydrogens is 212 g/mol. The first-order valence-corrected chi connectivity index (χ1v) is 7.45. The van der Waals surface area contributed by atoms with Crippen LogP contribution in [0.15, 0.2) is 16.8 Å². The predicted molar refractivity (Wildman–Crippen MR) is 45.4 cm³/mol. The van der Waals surface area contributed by atoms with Crippen molar-refractivity contribution < 1.29 is 4.79 Å². The number of hydrogen-bond acceptors (Lipinski definition) is 2. The van der Waals surface area contributed by atoms with Gasteiger partial charge in [0.05, 0.1) is 6.54 Å². The van der Waals surface area contributed by atoms with Gasteiger partial charge in [0, 0.05) is 0 Å². The molecule has 0 atom stereocenters. The molecule has 0 N–H and O–H groups in total. The highest BCUT2D eigenvalue weighted by Crippen LogP contribution is 2.20. The van der Waals surface area contributed by atoms with E-state index in [1.807, 2.05) is 0 Å². The summed E-state index contributed by atoms with van der Waals surface area (Å²) in [5, 5.41) is 0. The largest absolute Gasteiger partial charge is 0.365 e. The minimum atomic E-state index is -2.66. The molecule has 0 spiro atoms. The number of carbonyl (C=O) groups excluding carboxylic acids is 1. The Bertz CT molecular complexity index is 170. The third kappa shape index (κ3) is 8.21. The number of halogens is 3. The normalized spacial score (nSPS) is 11.5. The highest BCUT2D eigenvalue weighted by molar-refractivity contribution is 7.66. The van der Waals surface area contributed by atoms with Crippen LogP contribution in [0.5, 0.6) is 0 Å². The number of aliphatic imine (C=N–C) groups is 1. The van der Waals surface area contributed by atoms with E-state index in [9.17, 15) is 4.79 Å². The Morgan fingerprint density at radius 3 is 2.50 bits per heavy atom. The second-order valence-corrected chi connectivity index (χ2v) is 9.90. The molecule has 10 heavy (non-hydrogen) atoms. The van der Waals surface area contributed by atoms with Gasteiger partial charge in [-0.1, -0.05) is 11.8 Å². The molecular formula is C4H4Cl3NOSi. The zero-order valence-corrected chi connectivity index (χ0v) is 8.12. The maximum atomic E-state index is 9.52. The fourth-order valence-corrected chi connectivity index (χ4v) is 1.45. The van der Waals surface area contributed by atoms with Crippen LogP contribution in [-0.2, 0) is 4.79 Å². The van der Waals surface area contributed by atoms with Crippen LogP contribution < -0.4 is 0 Å². The summed E-state index contributed by atoms with van der Waals surface area (Å²) in [6, 6.07) is -2.66. The monoisotopic (exact) mass is 215 g/mol. The Morgan fingerprint density at radius 1 is 1.50 bits per heavy atom. The van der Waals surface area contributed by atoms with Crippen LogP contribution in [0.25, 0.3) is 0 Å². The van der Waals surface area contributed by atoms with Crippen LogP contribution in [0.3, 0.4) is 0 Å². The van der Waals surface area contributed by atoms with Gasteiger partial charge < -0.3 is 0 Å². The number of nitrogens with zero attached hydrogens (tertiary/aromatic N) is 1. The standard InChI is InChI=1S/C4H4Cl3NOSi/c5-10(6,7)3-1-2-8-4-9/h1,3H,2H2. The third-order valence-electron chi connectivity index (χ3n) is 0.568. The van der Waals surface area contributed by atoms with Gasteiger partial charge >= 0.3 is 6.00 Å². The molecule has 0 aromatic heterocycles. The van der Waals surface area contributed by atoms with Gasteiger partial charge in [-0.25, -0.2) is 9.79 Å².